The molecule has 0 bridgehead atoms. The van der Waals surface area contributed by atoms with Gasteiger partial charge in [-0.15, -0.1) is 0 Å². The van der Waals surface area contributed by atoms with Gasteiger partial charge in [-0.05, 0) is 42.1 Å². The van der Waals surface area contributed by atoms with Gasteiger partial charge in [0.2, 0.25) is 5.91 Å². The first-order valence-corrected chi connectivity index (χ1v) is 9.66. The highest BCUT2D eigenvalue weighted by molar-refractivity contribution is 6.16. The highest BCUT2D eigenvalue weighted by atomic mass is 16.5. The molecule has 1 heterocycles. The molecule has 1 N–H and O–H groups in total. The fourth-order valence-corrected chi connectivity index (χ4v) is 3.61. The molecule has 3 aromatic carbocycles. The number of nitrogens with zero attached hydrogens (tertiary/aromatic N) is 1. The molecule has 0 saturated carbocycles. The van der Waals surface area contributed by atoms with E-state index in [2.05, 4.69) is 5.32 Å². The van der Waals surface area contributed by atoms with Gasteiger partial charge < -0.3 is 14.8 Å². The summed E-state index contributed by atoms with van der Waals surface area (Å²) in [6.45, 7) is 1.64. The van der Waals surface area contributed by atoms with Gasteiger partial charge in [0.25, 0.3) is 5.91 Å². The number of rotatable bonds is 5. The summed E-state index contributed by atoms with van der Waals surface area (Å²) in [4.78, 5) is 26.9. The topological polar surface area (TPSA) is 67.9 Å². The van der Waals surface area contributed by atoms with Crippen molar-refractivity contribution in [2.75, 3.05) is 30.5 Å². The molecule has 0 unspecified atom stereocenters. The van der Waals surface area contributed by atoms with Crippen LogP contribution in [0.25, 0.3) is 16.8 Å². The zero-order valence-electron chi connectivity index (χ0n) is 16.8. The third kappa shape index (κ3) is 3.72. The normalized spacial score (nSPS) is 13.3. The Balaban J connectivity index is 1.61. The summed E-state index contributed by atoms with van der Waals surface area (Å²) in [5.41, 5.74) is 2.36. The van der Waals surface area contributed by atoms with Crippen molar-refractivity contribution in [3.05, 3.63) is 66.2 Å². The van der Waals surface area contributed by atoms with Crippen LogP contribution in [0.15, 0.2) is 60.7 Å². The highest BCUT2D eigenvalue weighted by Gasteiger charge is 2.26. The van der Waals surface area contributed by atoms with Gasteiger partial charge in [-0.25, -0.2) is 0 Å². The zero-order chi connectivity index (χ0) is 21.1. The Morgan fingerprint density at radius 3 is 2.70 bits per heavy atom. The Morgan fingerprint density at radius 2 is 1.93 bits per heavy atom. The molecular formula is C24H22N2O4. The maximum absolute atomic E-state index is 13.1. The number of carbonyl (C=O) groups excluding carboxylic acids is 2. The van der Waals surface area contributed by atoms with E-state index in [1.54, 1.807) is 13.2 Å². The lowest BCUT2D eigenvalue weighted by Crippen LogP contribution is -2.39. The lowest BCUT2D eigenvalue weighted by atomic mass is 10.1. The lowest BCUT2D eigenvalue weighted by Gasteiger charge is -2.22. The van der Waals surface area contributed by atoms with Gasteiger partial charge in [0, 0.05) is 5.39 Å². The van der Waals surface area contributed by atoms with Crippen molar-refractivity contribution < 1.29 is 19.1 Å². The molecule has 0 radical (unpaired) electrons. The number of nitrogens with one attached hydrogen (secondary N) is 1. The summed E-state index contributed by atoms with van der Waals surface area (Å²) in [5, 5.41) is 4.67. The molecule has 0 aliphatic carbocycles. The van der Waals surface area contributed by atoms with Crippen LogP contribution in [0.1, 0.15) is 12.5 Å². The van der Waals surface area contributed by atoms with Crippen LogP contribution in [0.5, 0.6) is 11.5 Å². The van der Waals surface area contributed by atoms with E-state index in [0.717, 1.165) is 16.3 Å². The van der Waals surface area contributed by atoms with E-state index in [4.69, 9.17) is 9.47 Å². The zero-order valence-corrected chi connectivity index (χ0v) is 16.8. The average Bonchev–Trinajstić information content (AvgIpc) is 2.90. The SMILES string of the molecule is C/C=C/c1ccc(OCC(=O)N2CC(=O)Nc3cccc4cccc2c34)c(OC)c1. The fourth-order valence-electron chi connectivity index (χ4n) is 3.61. The molecule has 0 fully saturated rings. The van der Waals surface area contributed by atoms with E-state index in [9.17, 15) is 9.59 Å². The van der Waals surface area contributed by atoms with Gasteiger partial charge in [0.1, 0.15) is 6.54 Å². The van der Waals surface area contributed by atoms with Gasteiger partial charge >= 0.3 is 0 Å². The number of ether oxygens (including phenoxy) is 2. The first-order valence-electron chi connectivity index (χ1n) is 9.66. The monoisotopic (exact) mass is 402 g/mol. The van der Waals surface area contributed by atoms with Crippen LogP contribution >= 0.6 is 0 Å². The van der Waals surface area contributed by atoms with Gasteiger partial charge in [0.15, 0.2) is 18.1 Å². The minimum absolute atomic E-state index is 0.0760. The Morgan fingerprint density at radius 1 is 1.13 bits per heavy atom. The van der Waals surface area contributed by atoms with Crippen LogP contribution in [-0.2, 0) is 9.59 Å². The summed E-state index contributed by atoms with van der Waals surface area (Å²) in [7, 11) is 1.56. The van der Waals surface area contributed by atoms with Crippen molar-refractivity contribution in [3.8, 4) is 11.5 Å². The number of hydrogen-bond donors (Lipinski definition) is 1. The van der Waals surface area contributed by atoms with E-state index in [0.29, 0.717) is 22.9 Å². The van der Waals surface area contributed by atoms with E-state index in [1.165, 1.54) is 4.90 Å². The summed E-state index contributed by atoms with van der Waals surface area (Å²) in [6, 6.07) is 16.9. The maximum Gasteiger partial charge on any atom is 0.265 e. The van der Waals surface area contributed by atoms with Crippen molar-refractivity contribution in [3.63, 3.8) is 0 Å². The number of benzene rings is 3. The molecule has 6 nitrogen and oxygen atoms in total. The molecule has 0 aromatic heterocycles. The Labute approximate surface area is 174 Å². The standard InChI is InChI=1S/C24H22N2O4/c1-3-6-16-11-12-20(21(13-16)29-2)30-15-23(28)26-14-22(27)25-18-9-4-7-17-8-5-10-19(26)24(17)18/h3-13H,14-15H2,1-2H3,(H,25,27)/b6-3+. The molecule has 30 heavy (non-hydrogen) atoms. The summed E-state index contributed by atoms with van der Waals surface area (Å²) in [6.07, 6.45) is 3.88. The average molecular weight is 402 g/mol. The van der Waals surface area contributed by atoms with Gasteiger partial charge in [-0.2, -0.15) is 0 Å². The largest absolute Gasteiger partial charge is 0.493 e. The predicted molar refractivity (Wildman–Crippen MR) is 118 cm³/mol. The Hall–Kier alpha value is -3.80. The summed E-state index contributed by atoms with van der Waals surface area (Å²) < 4.78 is 11.2. The van der Waals surface area contributed by atoms with Crippen LogP contribution in [0.3, 0.4) is 0 Å². The molecule has 0 atom stereocenters. The number of methoxy groups -OCH3 is 1. The Kier molecular flexibility index (Phi) is 5.39. The number of allylic oxidation sites excluding steroid dienone is 1. The molecule has 0 saturated heterocycles. The fraction of sp³-hybridized carbons (Fsp3) is 0.167. The summed E-state index contributed by atoms with van der Waals surface area (Å²) >= 11 is 0. The van der Waals surface area contributed by atoms with Crippen LogP contribution in [0, 0.1) is 0 Å². The van der Waals surface area contributed by atoms with Crippen molar-refractivity contribution in [2.45, 2.75) is 6.92 Å². The second-order valence-electron chi connectivity index (χ2n) is 6.91. The van der Waals surface area contributed by atoms with Crippen molar-refractivity contribution in [2.24, 2.45) is 0 Å². The molecule has 1 aliphatic rings. The van der Waals surface area contributed by atoms with Crippen LogP contribution in [0.2, 0.25) is 0 Å². The molecule has 6 heteroatoms. The highest BCUT2D eigenvalue weighted by Crippen LogP contribution is 2.35. The second-order valence-corrected chi connectivity index (χ2v) is 6.91. The van der Waals surface area contributed by atoms with Crippen LogP contribution < -0.4 is 19.7 Å². The quantitative estimate of drug-likeness (QED) is 0.693. The van der Waals surface area contributed by atoms with E-state index >= 15 is 0 Å². The molecule has 1 aliphatic heterocycles. The van der Waals surface area contributed by atoms with Crippen molar-refractivity contribution in [1.82, 2.24) is 0 Å². The predicted octanol–water partition coefficient (Wildman–Crippen LogP) is 4.25. The molecule has 0 spiro atoms. The molecule has 3 aromatic rings. The number of amides is 2. The van der Waals surface area contributed by atoms with E-state index < -0.39 is 0 Å². The van der Waals surface area contributed by atoms with Crippen LogP contribution in [0.4, 0.5) is 11.4 Å². The molecule has 2 amide bonds. The third-order valence-corrected chi connectivity index (χ3v) is 4.95. The summed E-state index contributed by atoms with van der Waals surface area (Å²) in [5.74, 6) is 0.450. The number of hydrogen-bond acceptors (Lipinski definition) is 4. The first-order chi connectivity index (χ1) is 14.6. The van der Waals surface area contributed by atoms with Crippen molar-refractivity contribution >= 4 is 40.0 Å². The number of carbonyl (C=O) groups is 2. The van der Waals surface area contributed by atoms with Crippen molar-refractivity contribution in [1.29, 1.82) is 0 Å². The minimum atomic E-state index is -0.311. The molecule has 152 valence electrons. The smallest absolute Gasteiger partial charge is 0.265 e. The van der Waals surface area contributed by atoms with Crippen LogP contribution in [-0.4, -0.2) is 32.1 Å². The Bertz CT molecular complexity index is 1150. The maximum atomic E-state index is 13.1. The lowest BCUT2D eigenvalue weighted by molar-refractivity contribution is -0.123. The van der Waals surface area contributed by atoms with E-state index in [1.807, 2.05) is 67.6 Å². The first kappa shape index (κ1) is 19.5. The minimum Gasteiger partial charge on any atom is -0.493 e. The van der Waals surface area contributed by atoms with Gasteiger partial charge in [-0.1, -0.05) is 42.5 Å². The molecule has 4 rings (SSSR count). The van der Waals surface area contributed by atoms with Gasteiger partial charge in [0.05, 0.1) is 18.5 Å². The third-order valence-electron chi connectivity index (χ3n) is 4.95. The second kappa shape index (κ2) is 8.29. The van der Waals surface area contributed by atoms with E-state index in [-0.39, 0.29) is 25.0 Å². The van der Waals surface area contributed by atoms with Gasteiger partial charge in [-0.3, -0.25) is 14.5 Å². The number of anilines is 2. The molecular weight excluding hydrogens is 380 g/mol.